The number of hydrogen-bond acceptors (Lipinski definition) is 0. The third-order valence-corrected chi connectivity index (χ3v) is 2.29. The minimum absolute atomic E-state index is 0.517. The van der Waals surface area contributed by atoms with Gasteiger partial charge < -0.3 is 0 Å². The number of benzene rings is 1. The topological polar surface area (TPSA) is 0 Å². The van der Waals surface area contributed by atoms with Gasteiger partial charge in [0.15, 0.2) is 0 Å². The van der Waals surface area contributed by atoms with Crippen LogP contribution in [0.1, 0.15) is 22.3 Å². The monoisotopic (exact) mass is 310 g/mol. The molecule has 0 fully saturated rings. The molecule has 1 rings (SSSR count). The molecule has 0 spiro atoms. The predicted molar refractivity (Wildman–Crippen MR) is 77.4 cm³/mol. The molecule has 0 radical (unpaired) electrons. The minimum atomic E-state index is 0.517. The van der Waals surface area contributed by atoms with Crippen LogP contribution in [0.15, 0.2) is 12.1 Å². The summed E-state index contributed by atoms with van der Waals surface area (Å²) in [4.78, 5) is 0. The lowest BCUT2D eigenvalue weighted by Gasteiger charge is -2.03. The van der Waals surface area contributed by atoms with Gasteiger partial charge in [0.2, 0.25) is 0 Å². The molecule has 0 aliphatic heterocycles. The van der Waals surface area contributed by atoms with Crippen molar-refractivity contribution in [3.63, 3.8) is 0 Å². The molecule has 0 aliphatic carbocycles. The SMILES string of the molecule is ClC#Cc1ccc(C#CCl)c(C#CCl)c1C#CCl. The molecule has 0 atom stereocenters. The summed E-state index contributed by atoms with van der Waals surface area (Å²) >= 11 is 21.6. The van der Waals surface area contributed by atoms with Gasteiger partial charge in [-0.1, -0.05) is 0 Å². The molecule has 0 N–H and O–H groups in total. The van der Waals surface area contributed by atoms with Gasteiger partial charge in [-0.2, -0.15) is 0 Å². The zero-order chi connectivity index (χ0) is 13.4. The average molecular weight is 312 g/mol. The molecule has 0 heterocycles. The first-order chi connectivity index (χ1) is 8.78. The van der Waals surface area contributed by atoms with Gasteiger partial charge in [0.1, 0.15) is 0 Å². The second-order valence-electron chi connectivity index (χ2n) is 2.79. The molecule has 1 aromatic carbocycles. The normalized spacial score (nSPS) is 7.33. The molecule has 0 aliphatic rings. The maximum absolute atomic E-state index is 5.42. The molecule has 86 valence electrons. The zero-order valence-corrected chi connectivity index (χ0v) is 11.7. The van der Waals surface area contributed by atoms with E-state index in [2.05, 4.69) is 45.2 Å². The summed E-state index contributed by atoms with van der Waals surface area (Å²) in [6.07, 6.45) is 0. The lowest BCUT2D eigenvalue weighted by atomic mass is 9.97. The van der Waals surface area contributed by atoms with E-state index >= 15 is 0 Å². The summed E-state index contributed by atoms with van der Waals surface area (Å²) in [7, 11) is 0. The van der Waals surface area contributed by atoms with E-state index in [-0.39, 0.29) is 0 Å². The highest BCUT2D eigenvalue weighted by atomic mass is 35.5. The van der Waals surface area contributed by atoms with Gasteiger partial charge in [-0.3, -0.25) is 0 Å². The smallest absolute Gasteiger partial charge is 0.0482 e. The molecular formula is C14H2Cl4. The summed E-state index contributed by atoms with van der Waals surface area (Å²) in [5, 5.41) is 9.08. The fraction of sp³-hybridized carbons (Fsp3) is 0. The standard InChI is InChI=1S/C14H2Cl4/c15-7-3-11-1-2-12(4-8-16)14(6-10-18)13(11)5-9-17/h1-2H. The van der Waals surface area contributed by atoms with E-state index in [1.54, 1.807) is 12.1 Å². The summed E-state index contributed by atoms with van der Waals surface area (Å²) in [6.45, 7) is 0. The van der Waals surface area contributed by atoms with E-state index in [0.717, 1.165) is 0 Å². The Morgan fingerprint density at radius 3 is 1.17 bits per heavy atom. The lowest BCUT2D eigenvalue weighted by molar-refractivity contribution is 1.51. The molecular weight excluding hydrogens is 310 g/mol. The van der Waals surface area contributed by atoms with Crippen LogP contribution in [0, 0.1) is 45.2 Å². The summed E-state index contributed by atoms with van der Waals surface area (Å²) in [5.41, 5.74) is 2.21. The second kappa shape index (κ2) is 7.85. The van der Waals surface area contributed by atoms with Gasteiger partial charge in [0.25, 0.3) is 0 Å². The molecule has 0 amide bonds. The number of hydrogen-bond donors (Lipinski definition) is 0. The van der Waals surface area contributed by atoms with Crippen LogP contribution < -0.4 is 0 Å². The Hall–Kier alpha value is -1.38. The van der Waals surface area contributed by atoms with Crippen molar-refractivity contribution in [2.24, 2.45) is 0 Å². The lowest BCUT2D eigenvalue weighted by Crippen LogP contribution is -1.94. The van der Waals surface area contributed by atoms with Crippen molar-refractivity contribution in [2.75, 3.05) is 0 Å². The van der Waals surface area contributed by atoms with Crippen molar-refractivity contribution in [1.29, 1.82) is 0 Å². The Balaban J connectivity index is 3.73. The van der Waals surface area contributed by atoms with Crippen molar-refractivity contribution < 1.29 is 0 Å². The Bertz CT molecular complexity index is 638. The summed E-state index contributed by atoms with van der Waals surface area (Å²) in [5.74, 6) is 10.8. The Morgan fingerprint density at radius 2 is 0.889 bits per heavy atom. The first kappa shape index (κ1) is 14.7. The molecule has 0 saturated heterocycles. The quantitative estimate of drug-likeness (QED) is 0.638. The van der Waals surface area contributed by atoms with Gasteiger partial charge in [-0.15, -0.1) is 0 Å². The second-order valence-corrected chi connectivity index (χ2v) is 3.54. The van der Waals surface area contributed by atoms with E-state index < -0.39 is 0 Å². The van der Waals surface area contributed by atoms with Crippen LogP contribution in [0.2, 0.25) is 0 Å². The highest BCUT2D eigenvalue weighted by molar-refractivity contribution is 6.31. The van der Waals surface area contributed by atoms with E-state index in [1.165, 1.54) is 0 Å². The van der Waals surface area contributed by atoms with Crippen LogP contribution in [0.4, 0.5) is 0 Å². The molecule has 4 heteroatoms. The largest absolute Gasteiger partial charge is 0.0584 e. The van der Waals surface area contributed by atoms with Crippen LogP contribution >= 0.6 is 46.4 Å². The molecule has 0 nitrogen and oxygen atoms in total. The fourth-order valence-electron chi connectivity index (χ4n) is 1.27. The van der Waals surface area contributed by atoms with Gasteiger partial charge >= 0.3 is 0 Å². The van der Waals surface area contributed by atoms with Crippen LogP contribution in [0.3, 0.4) is 0 Å². The van der Waals surface area contributed by atoms with E-state index in [9.17, 15) is 0 Å². The third-order valence-electron chi connectivity index (χ3n) is 1.91. The first-order valence-electron chi connectivity index (χ1n) is 4.42. The first-order valence-corrected chi connectivity index (χ1v) is 5.93. The number of halogens is 4. The van der Waals surface area contributed by atoms with Crippen molar-refractivity contribution in [2.45, 2.75) is 0 Å². The molecule has 18 heavy (non-hydrogen) atoms. The Kier molecular flexibility index (Phi) is 6.40. The minimum Gasteiger partial charge on any atom is -0.0482 e. The Labute approximate surface area is 126 Å². The molecule has 0 saturated carbocycles. The van der Waals surface area contributed by atoms with Crippen LogP contribution in [0.5, 0.6) is 0 Å². The summed E-state index contributed by atoms with van der Waals surface area (Å²) < 4.78 is 0. The van der Waals surface area contributed by atoms with Gasteiger partial charge in [0.05, 0.1) is 11.1 Å². The summed E-state index contributed by atoms with van der Waals surface area (Å²) in [6, 6.07) is 3.42. The van der Waals surface area contributed by atoms with E-state index in [4.69, 9.17) is 46.4 Å². The van der Waals surface area contributed by atoms with Gasteiger partial charge in [-0.25, -0.2) is 0 Å². The van der Waals surface area contributed by atoms with Crippen LogP contribution in [0.25, 0.3) is 0 Å². The van der Waals surface area contributed by atoms with Gasteiger partial charge in [0, 0.05) is 32.6 Å². The predicted octanol–water partition coefficient (Wildman–Crippen LogP) is 3.88. The highest BCUT2D eigenvalue weighted by Gasteiger charge is 2.08. The Morgan fingerprint density at radius 1 is 0.556 bits per heavy atom. The molecule has 0 bridgehead atoms. The van der Waals surface area contributed by atoms with Crippen LogP contribution in [-0.2, 0) is 0 Å². The van der Waals surface area contributed by atoms with Crippen molar-refractivity contribution in [1.82, 2.24) is 0 Å². The molecule has 0 aromatic heterocycles. The molecule has 0 unspecified atom stereocenters. The van der Waals surface area contributed by atoms with Crippen molar-refractivity contribution in [3.8, 4) is 45.2 Å². The average Bonchev–Trinajstić information content (AvgIpc) is 2.37. The fourth-order valence-corrected chi connectivity index (χ4v) is 1.66. The maximum Gasteiger partial charge on any atom is 0.0584 e. The van der Waals surface area contributed by atoms with Crippen LogP contribution in [-0.4, -0.2) is 0 Å². The molecule has 1 aromatic rings. The third kappa shape index (κ3) is 3.56. The van der Waals surface area contributed by atoms with Gasteiger partial charge in [-0.05, 0) is 82.2 Å². The highest BCUT2D eigenvalue weighted by Crippen LogP contribution is 2.17. The van der Waals surface area contributed by atoms with Crippen molar-refractivity contribution >= 4 is 46.4 Å². The van der Waals surface area contributed by atoms with E-state index in [0.29, 0.717) is 22.3 Å². The van der Waals surface area contributed by atoms with E-state index in [1.807, 2.05) is 0 Å². The van der Waals surface area contributed by atoms with Crippen molar-refractivity contribution in [3.05, 3.63) is 34.4 Å². The maximum atomic E-state index is 5.42. The zero-order valence-electron chi connectivity index (χ0n) is 8.67. The number of rotatable bonds is 0.